The van der Waals surface area contributed by atoms with E-state index < -0.39 is 0 Å². The van der Waals surface area contributed by atoms with Crippen LogP contribution in [0.15, 0.2) is 16.5 Å². The van der Waals surface area contributed by atoms with E-state index in [1.54, 1.807) is 12.1 Å². The minimum atomic E-state index is -0.129. The van der Waals surface area contributed by atoms with Crippen molar-refractivity contribution in [3.8, 4) is 0 Å². The lowest BCUT2D eigenvalue weighted by Gasteiger charge is -2.18. The lowest BCUT2D eigenvalue weighted by Crippen LogP contribution is -2.37. The normalized spacial score (nSPS) is 28.3. The Morgan fingerprint density at radius 1 is 1.47 bits per heavy atom. The first kappa shape index (κ1) is 12.2. The zero-order chi connectivity index (χ0) is 12.4. The van der Waals surface area contributed by atoms with E-state index in [0.717, 1.165) is 6.42 Å². The molecule has 0 spiro atoms. The smallest absolute Gasteiger partial charge is 0.287 e. The molecule has 4 heteroatoms. The maximum Gasteiger partial charge on any atom is 0.287 e. The minimum Gasteiger partial charge on any atom is -0.455 e. The van der Waals surface area contributed by atoms with Crippen molar-refractivity contribution in [3.05, 3.63) is 23.7 Å². The van der Waals surface area contributed by atoms with Gasteiger partial charge in [-0.1, -0.05) is 13.8 Å². The van der Waals surface area contributed by atoms with E-state index >= 15 is 0 Å². The predicted octanol–water partition coefficient (Wildman–Crippen LogP) is 1.90. The van der Waals surface area contributed by atoms with Gasteiger partial charge in [0.1, 0.15) is 5.76 Å². The molecule has 0 aliphatic heterocycles. The maximum absolute atomic E-state index is 11.9. The molecular weight excluding hydrogens is 216 g/mol. The molecule has 94 valence electrons. The van der Waals surface area contributed by atoms with E-state index in [1.807, 2.05) is 0 Å². The molecule has 0 saturated heterocycles. The second-order valence-electron chi connectivity index (χ2n) is 4.96. The molecule has 4 nitrogen and oxygen atoms in total. The molecular formula is C13H20N2O2. The average molecular weight is 236 g/mol. The summed E-state index contributed by atoms with van der Waals surface area (Å²) < 4.78 is 5.33. The average Bonchev–Trinajstić information content (AvgIpc) is 2.91. The summed E-state index contributed by atoms with van der Waals surface area (Å²) in [6.07, 6.45) is 2.23. The summed E-state index contributed by atoms with van der Waals surface area (Å²) in [5.41, 5.74) is 5.44. The summed E-state index contributed by atoms with van der Waals surface area (Å²) >= 11 is 0. The van der Waals surface area contributed by atoms with Gasteiger partial charge in [0.2, 0.25) is 0 Å². The van der Waals surface area contributed by atoms with E-state index in [1.165, 1.54) is 6.42 Å². The quantitative estimate of drug-likeness (QED) is 0.842. The van der Waals surface area contributed by atoms with Crippen LogP contribution in [0.3, 0.4) is 0 Å². The van der Waals surface area contributed by atoms with Gasteiger partial charge in [-0.15, -0.1) is 0 Å². The Bertz CT molecular complexity index is 400. The van der Waals surface area contributed by atoms with Crippen molar-refractivity contribution in [1.82, 2.24) is 5.32 Å². The van der Waals surface area contributed by atoms with E-state index in [0.29, 0.717) is 29.9 Å². The summed E-state index contributed by atoms with van der Waals surface area (Å²) in [6.45, 7) is 4.75. The standard InChI is InChI=1S/C13H20N2O2/c1-8-3-5-11(9(8)2)15-13(16)12-6-4-10(7-14)17-12/h4,6,8-9,11H,3,5,7,14H2,1-2H3,(H,15,16). The summed E-state index contributed by atoms with van der Waals surface area (Å²) in [5.74, 6) is 2.08. The zero-order valence-corrected chi connectivity index (χ0v) is 10.4. The number of carbonyl (C=O) groups is 1. The van der Waals surface area contributed by atoms with Crippen molar-refractivity contribution in [2.75, 3.05) is 0 Å². The third-order valence-electron chi connectivity index (χ3n) is 3.87. The number of nitrogens with two attached hydrogens (primary N) is 1. The monoisotopic (exact) mass is 236 g/mol. The van der Waals surface area contributed by atoms with Gasteiger partial charge in [-0.25, -0.2) is 0 Å². The van der Waals surface area contributed by atoms with Crippen LogP contribution in [0, 0.1) is 11.8 Å². The summed E-state index contributed by atoms with van der Waals surface area (Å²) in [7, 11) is 0. The fraction of sp³-hybridized carbons (Fsp3) is 0.615. The Balaban J connectivity index is 1.97. The second kappa shape index (κ2) is 4.92. The van der Waals surface area contributed by atoms with Crippen molar-refractivity contribution in [1.29, 1.82) is 0 Å². The van der Waals surface area contributed by atoms with Gasteiger partial charge in [-0.3, -0.25) is 4.79 Å². The Hall–Kier alpha value is -1.29. The van der Waals surface area contributed by atoms with Gasteiger partial charge in [0, 0.05) is 6.04 Å². The van der Waals surface area contributed by atoms with Crippen LogP contribution in [0.5, 0.6) is 0 Å². The lowest BCUT2D eigenvalue weighted by atomic mass is 9.98. The van der Waals surface area contributed by atoms with Gasteiger partial charge in [0.05, 0.1) is 6.54 Å². The summed E-state index contributed by atoms with van der Waals surface area (Å²) in [6, 6.07) is 3.69. The van der Waals surface area contributed by atoms with Crippen LogP contribution in [-0.2, 0) is 6.54 Å². The molecule has 1 amide bonds. The molecule has 0 aromatic carbocycles. The zero-order valence-electron chi connectivity index (χ0n) is 10.4. The summed E-state index contributed by atoms with van der Waals surface area (Å²) in [5, 5.41) is 3.04. The first-order valence-corrected chi connectivity index (χ1v) is 6.21. The minimum absolute atomic E-state index is 0.129. The van der Waals surface area contributed by atoms with Crippen LogP contribution < -0.4 is 11.1 Å². The molecule has 3 atom stereocenters. The van der Waals surface area contributed by atoms with Crippen LogP contribution >= 0.6 is 0 Å². The third-order valence-corrected chi connectivity index (χ3v) is 3.87. The highest BCUT2D eigenvalue weighted by atomic mass is 16.4. The van der Waals surface area contributed by atoms with Gasteiger partial charge in [0.15, 0.2) is 5.76 Å². The predicted molar refractivity (Wildman–Crippen MR) is 65.4 cm³/mol. The Morgan fingerprint density at radius 3 is 2.76 bits per heavy atom. The van der Waals surface area contributed by atoms with Crippen LogP contribution in [-0.4, -0.2) is 11.9 Å². The molecule has 17 heavy (non-hydrogen) atoms. The number of carbonyl (C=O) groups excluding carboxylic acids is 1. The molecule has 0 radical (unpaired) electrons. The van der Waals surface area contributed by atoms with Gasteiger partial charge in [-0.05, 0) is 36.8 Å². The van der Waals surface area contributed by atoms with Gasteiger partial charge < -0.3 is 15.5 Å². The first-order valence-electron chi connectivity index (χ1n) is 6.21. The Morgan fingerprint density at radius 2 is 2.24 bits per heavy atom. The largest absolute Gasteiger partial charge is 0.455 e. The molecule has 1 aliphatic carbocycles. The molecule has 1 fully saturated rings. The van der Waals surface area contributed by atoms with E-state index in [9.17, 15) is 4.79 Å². The Labute approximate surface area is 102 Å². The van der Waals surface area contributed by atoms with Gasteiger partial charge in [-0.2, -0.15) is 0 Å². The van der Waals surface area contributed by atoms with Crippen molar-refractivity contribution in [3.63, 3.8) is 0 Å². The number of nitrogens with one attached hydrogen (secondary N) is 1. The van der Waals surface area contributed by atoms with E-state index in [2.05, 4.69) is 19.2 Å². The third kappa shape index (κ3) is 2.52. The van der Waals surface area contributed by atoms with Crippen molar-refractivity contribution < 1.29 is 9.21 Å². The number of rotatable bonds is 3. The maximum atomic E-state index is 11.9. The molecule has 0 bridgehead atoms. The lowest BCUT2D eigenvalue weighted by molar-refractivity contribution is 0.0897. The molecule has 1 aromatic rings. The number of amides is 1. The fourth-order valence-electron chi connectivity index (χ4n) is 2.42. The summed E-state index contributed by atoms with van der Waals surface area (Å²) in [4.78, 5) is 11.9. The van der Waals surface area contributed by atoms with Crippen molar-refractivity contribution in [2.45, 2.75) is 39.3 Å². The van der Waals surface area contributed by atoms with Gasteiger partial charge >= 0.3 is 0 Å². The molecule has 1 heterocycles. The van der Waals surface area contributed by atoms with Gasteiger partial charge in [0.25, 0.3) is 5.91 Å². The molecule has 1 saturated carbocycles. The highest BCUT2D eigenvalue weighted by molar-refractivity contribution is 5.91. The van der Waals surface area contributed by atoms with Crippen molar-refractivity contribution >= 4 is 5.91 Å². The highest BCUT2D eigenvalue weighted by Gasteiger charge is 2.31. The highest BCUT2D eigenvalue weighted by Crippen LogP contribution is 2.31. The molecule has 2 rings (SSSR count). The first-order chi connectivity index (χ1) is 8.11. The second-order valence-corrected chi connectivity index (χ2v) is 4.96. The Kier molecular flexibility index (Phi) is 3.52. The van der Waals surface area contributed by atoms with Crippen LogP contribution in [0.25, 0.3) is 0 Å². The SMILES string of the molecule is CC1CCC(NC(=O)c2ccc(CN)o2)C1C. The van der Waals surface area contributed by atoms with Crippen LogP contribution in [0.2, 0.25) is 0 Å². The molecule has 1 aliphatic rings. The molecule has 1 aromatic heterocycles. The van der Waals surface area contributed by atoms with Crippen molar-refractivity contribution in [2.24, 2.45) is 17.6 Å². The van der Waals surface area contributed by atoms with Crippen LogP contribution in [0.4, 0.5) is 0 Å². The number of furan rings is 1. The number of hydrogen-bond acceptors (Lipinski definition) is 3. The fourth-order valence-corrected chi connectivity index (χ4v) is 2.42. The van der Waals surface area contributed by atoms with E-state index in [4.69, 9.17) is 10.2 Å². The molecule has 3 N–H and O–H groups in total. The molecule has 3 unspecified atom stereocenters. The van der Waals surface area contributed by atoms with Crippen LogP contribution in [0.1, 0.15) is 43.0 Å². The topological polar surface area (TPSA) is 68.3 Å². The number of hydrogen-bond donors (Lipinski definition) is 2. The van der Waals surface area contributed by atoms with E-state index in [-0.39, 0.29) is 11.9 Å².